The van der Waals surface area contributed by atoms with Gasteiger partial charge >= 0.3 is 0 Å². The van der Waals surface area contributed by atoms with Crippen molar-refractivity contribution in [3.63, 3.8) is 0 Å². The van der Waals surface area contributed by atoms with Crippen LogP contribution in [-0.2, 0) is 20.9 Å². The highest BCUT2D eigenvalue weighted by atomic mass is 16.5. The van der Waals surface area contributed by atoms with Crippen molar-refractivity contribution >= 4 is 11.8 Å². The number of nitrogens with zero attached hydrogens (tertiary/aromatic N) is 1. The lowest BCUT2D eigenvalue weighted by atomic mass is 9.83. The number of hydrogen-bond donors (Lipinski definition) is 1. The molecule has 1 aliphatic carbocycles. The van der Waals surface area contributed by atoms with Crippen molar-refractivity contribution in [3.8, 4) is 0 Å². The van der Waals surface area contributed by atoms with E-state index in [1.54, 1.807) is 4.90 Å². The predicted octanol–water partition coefficient (Wildman–Crippen LogP) is 2.85. The summed E-state index contributed by atoms with van der Waals surface area (Å²) < 4.78 is 6.12. The Hall–Kier alpha value is -1.88. The van der Waals surface area contributed by atoms with E-state index in [-0.39, 0.29) is 11.8 Å². The SMILES string of the molecule is CCC(=O)N1[C@H](C(=O)NCc2ccccc2)CO[C@]12CCC[C@H](C)C2. The van der Waals surface area contributed by atoms with Crippen LogP contribution < -0.4 is 5.32 Å². The third-order valence-corrected chi connectivity index (χ3v) is 5.38. The highest BCUT2D eigenvalue weighted by Crippen LogP contribution is 2.43. The van der Waals surface area contributed by atoms with Crippen LogP contribution >= 0.6 is 0 Å². The summed E-state index contributed by atoms with van der Waals surface area (Å²) in [6.07, 6.45) is 4.23. The fraction of sp³-hybridized carbons (Fsp3) is 0.600. The summed E-state index contributed by atoms with van der Waals surface area (Å²) in [4.78, 5) is 27.2. The molecule has 0 bridgehead atoms. The molecule has 1 aromatic rings. The van der Waals surface area contributed by atoms with Gasteiger partial charge in [0, 0.05) is 13.0 Å². The van der Waals surface area contributed by atoms with E-state index in [1.807, 2.05) is 37.3 Å². The molecule has 1 heterocycles. The van der Waals surface area contributed by atoms with E-state index in [2.05, 4.69) is 12.2 Å². The highest BCUT2D eigenvalue weighted by molar-refractivity contribution is 5.88. The second kappa shape index (κ2) is 7.56. The standard InChI is InChI=1S/C20H28N2O3/c1-3-18(23)22-17(14-25-20(22)11-7-8-15(2)12-20)19(24)21-13-16-9-5-4-6-10-16/h4-6,9-10,15,17H,3,7-8,11-14H2,1-2H3,(H,21,24)/t15-,17-,20-/m0/s1. The summed E-state index contributed by atoms with van der Waals surface area (Å²) in [5.41, 5.74) is 0.462. The van der Waals surface area contributed by atoms with Crippen LogP contribution in [0.3, 0.4) is 0 Å². The summed E-state index contributed by atoms with van der Waals surface area (Å²) in [6.45, 7) is 4.80. The average Bonchev–Trinajstić information content (AvgIpc) is 2.98. The first-order chi connectivity index (χ1) is 12.1. The second-order valence-electron chi connectivity index (χ2n) is 7.30. The molecule has 0 aromatic heterocycles. The van der Waals surface area contributed by atoms with E-state index in [0.29, 0.717) is 25.5 Å². The number of rotatable bonds is 4. The Morgan fingerprint density at radius 1 is 1.32 bits per heavy atom. The van der Waals surface area contributed by atoms with Gasteiger partial charge in [-0.25, -0.2) is 0 Å². The van der Waals surface area contributed by atoms with E-state index >= 15 is 0 Å². The van der Waals surface area contributed by atoms with Crippen molar-refractivity contribution in [2.24, 2.45) is 5.92 Å². The molecule has 1 aromatic carbocycles. The smallest absolute Gasteiger partial charge is 0.245 e. The molecule has 1 saturated heterocycles. The molecule has 2 amide bonds. The summed E-state index contributed by atoms with van der Waals surface area (Å²) in [5, 5.41) is 2.97. The molecule has 5 heteroatoms. The van der Waals surface area contributed by atoms with Gasteiger partial charge in [0.1, 0.15) is 11.8 Å². The molecular formula is C20H28N2O3. The van der Waals surface area contributed by atoms with Crippen LogP contribution in [0.4, 0.5) is 0 Å². The average molecular weight is 344 g/mol. The zero-order valence-electron chi connectivity index (χ0n) is 15.2. The van der Waals surface area contributed by atoms with Gasteiger partial charge in [-0.05, 0) is 30.7 Å². The molecule has 136 valence electrons. The van der Waals surface area contributed by atoms with Gasteiger partial charge in [0.15, 0.2) is 0 Å². The first-order valence-electron chi connectivity index (χ1n) is 9.33. The molecule has 5 nitrogen and oxygen atoms in total. The summed E-state index contributed by atoms with van der Waals surface area (Å²) in [6, 6.07) is 9.28. The van der Waals surface area contributed by atoms with E-state index in [9.17, 15) is 9.59 Å². The van der Waals surface area contributed by atoms with Gasteiger partial charge in [-0.2, -0.15) is 0 Å². The maximum atomic E-state index is 12.8. The number of ether oxygens (including phenoxy) is 1. The predicted molar refractivity (Wildman–Crippen MR) is 95.5 cm³/mol. The van der Waals surface area contributed by atoms with Crippen molar-refractivity contribution < 1.29 is 14.3 Å². The minimum Gasteiger partial charge on any atom is -0.353 e. The van der Waals surface area contributed by atoms with Gasteiger partial charge in [0.2, 0.25) is 11.8 Å². The number of carbonyl (C=O) groups excluding carboxylic acids is 2. The molecular weight excluding hydrogens is 316 g/mol. The van der Waals surface area contributed by atoms with Crippen LogP contribution in [0.2, 0.25) is 0 Å². The molecule has 2 fully saturated rings. The molecule has 0 radical (unpaired) electrons. The van der Waals surface area contributed by atoms with Crippen molar-refractivity contribution in [2.45, 2.75) is 64.3 Å². The van der Waals surface area contributed by atoms with Crippen molar-refractivity contribution in [3.05, 3.63) is 35.9 Å². The van der Waals surface area contributed by atoms with Gasteiger partial charge in [-0.15, -0.1) is 0 Å². The molecule has 3 rings (SSSR count). The topological polar surface area (TPSA) is 58.6 Å². The number of carbonyl (C=O) groups is 2. The maximum absolute atomic E-state index is 12.8. The number of nitrogens with one attached hydrogen (secondary N) is 1. The van der Waals surface area contributed by atoms with Gasteiger partial charge in [0.25, 0.3) is 0 Å². The quantitative estimate of drug-likeness (QED) is 0.914. The second-order valence-corrected chi connectivity index (χ2v) is 7.30. The van der Waals surface area contributed by atoms with E-state index in [1.165, 1.54) is 0 Å². The third-order valence-electron chi connectivity index (χ3n) is 5.38. The van der Waals surface area contributed by atoms with E-state index in [0.717, 1.165) is 31.2 Å². The fourth-order valence-electron chi connectivity index (χ4n) is 4.15. The van der Waals surface area contributed by atoms with Crippen LogP contribution in [0.5, 0.6) is 0 Å². The molecule has 1 saturated carbocycles. The lowest BCUT2D eigenvalue weighted by Crippen LogP contribution is -2.56. The molecule has 1 aliphatic heterocycles. The molecule has 3 atom stereocenters. The van der Waals surface area contributed by atoms with E-state index in [4.69, 9.17) is 4.74 Å². The molecule has 25 heavy (non-hydrogen) atoms. The Balaban J connectivity index is 1.73. The molecule has 1 spiro atoms. The Kier molecular flexibility index (Phi) is 5.42. The molecule has 0 unspecified atom stereocenters. The Bertz CT molecular complexity index is 619. The first kappa shape index (κ1) is 17.9. The van der Waals surface area contributed by atoms with Gasteiger partial charge < -0.3 is 10.1 Å². The Labute approximate surface area is 149 Å². The summed E-state index contributed by atoms with van der Waals surface area (Å²) in [7, 11) is 0. The van der Waals surface area contributed by atoms with Crippen LogP contribution in [0.1, 0.15) is 51.5 Å². The largest absolute Gasteiger partial charge is 0.353 e. The minimum absolute atomic E-state index is 0.00598. The monoisotopic (exact) mass is 344 g/mol. The van der Waals surface area contributed by atoms with Crippen molar-refractivity contribution in [1.82, 2.24) is 10.2 Å². The summed E-state index contributed by atoms with van der Waals surface area (Å²) in [5.74, 6) is 0.388. The Morgan fingerprint density at radius 2 is 2.08 bits per heavy atom. The number of hydrogen-bond acceptors (Lipinski definition) is 3. The van der Waals surface area contributed by atoms with Crippen molar-refractivity contribution in [1.29, 1.82) is 0 Å². The van der Waals surface area contributed by atoms with Crippen molar-refractivity contribution in [2.75, 3.05) is 6.61 Å². The third kappa shape index (κ3) is 3.71. The lowest BCUT2D eigenvalue weighted by molar-refractivity contribution is -0.162. The van der Waals surface area contributed by atoms with Gasteiger partial charge in [-0.3, -0.25) is 14.5 Å². The maximum Gasteiger partial charge on any atom is 0.245 e. The van der Waals surface area contributed by atoms with Gasteiger partial charge in [-0.1, -0.05) is 50.6 Å². The Morgan fingerprint density at radius 3 is 2.76 bits per heavy atom. The van der Waals surface area contributed by atoms with Crippen LogP contribution in [0.15, 0.2) is 30.3 Å². The fourth-order valence-corrected chi connectivity index (χ4v) is 4.15. The number of amides is 2. The van der Waals surface area contributed by atoms with E-state index < -0.39 is 11.8 Å². The number of benzene rings is 1. The zero-order chi connectivity index (χ0) is 17.9. The first-order valence-corrected chi connectivity index (χ1v) is 9.33. The summed E-state index contributed by atoms with van der Waals surface area (Å²) >= 11 is 0. The minimum atomic E-state index is -0.584. The van der Waals surface area contributed by atoms with Gasteiger partial charge in [0.05, 0.1) is 6.61 Å². The van der Waals surface area contributed by atoms with Crippen LogP contribution in [-0.4, -0.2) is 35.1 Å². The molecule has 2 aliphatic rings. The highest BCUT2D eigenvalue weighted by Gasteiger charge is 2.53. The normalized spacial score (nSPS) is 29.0. The lowest BCUT2D eigenvalue weighted by Gasteiger charge is -2.43. The zero-order valence-corrected chi connectivity index (χ0v) is 15.2. The van der Waals surface area contributed by atoms with Crippen LogP contribution in [0, 0.1) is 5.92 Å². The molecule has 1 N–H and O–H groups in total. The van der Waals surface area contributed by atoms with Crippen LogP contribution in [0.25, 0.3) is 0 Å².